The third kappa shape index (κ3) is 4.64. The highest BCUT2D eigenvalue weighted by Gasteiger charge is 2.17. The normalized spacial score (nSPS) is 12.3. The van der Waals surface area contributed by atoms with Crippen molar-refractivity contribution >= 4 is 29.6 Å². The number of hydrogen-bond acceptors (Lipinski definition) is 3. The second kappa shape index (κ2) is 7.62. The standard InChI is InChI=1S/C13H13ClFNO4/c14-9-2-1-3-10(15)8(9)4-5-12(18)16-11(6-7-17)13(19)20/h1-5,11,17H,6-7H2,(H,16,18)(H,19,20). The van der Waals surface area contributed by atoms with Gasteiger partial charge in [0.1, 0.15) is 11.9 Å². The first kappa shape index (κ1) is 16.1. The third-order valence-electron chi connectivity index (χ3n) is 2.43. The number of hydrogen-bond donors (Lipinski definition) is 3. The Kier molecular flexibility index (Phi) is 6.14. The molecule has 0 saturated heterocycles. The van der Waals surface area contributed by atoms with Crippen molar-refractivity contribution in [2.24, 2.45) is 0 Å². The monoisotopic (exact) mass is 301 g/mol. The molecule has 1 unspecified atom stereocenters. The molecule has 0 aromatic heterocycles. The molecule has 1 aromatic carbocycles. The lowest BCUT2D eigenvalue weighted by molar-refractivity contribution is -0.141. The Morgan fingerprint density at radius 2 is 2.15 bits per heavy atom. The molecule has 1 amide bonds. The number of nitrogens with one attached hydrogen (secondary N) is 1. The van der Waals surface area contributed by atoms with Crippen LogP contribution in [0, 0.1) is 5.82 Å². The molecule has 0 heterocycles. The number of benzene rings is 1. The summed E-state index contributed by atoms with van der Waals surface area (Å²) in [5.74, 6) is -2.57. The first-order valence-electron chi connectivity index (χ1n) is 5.72. The molecule has 1 aromatic rings. The maximum absolute atomic E-state index is 13.4. The maximum atomic E-state index is 13.4. The number of amides is 1. The van der Waals surface area contributed by atoms with Crippen LogP contribution in [0.4, 0.5) is 4.39 Å². The van der Waals surface area contributed by atoms with E-state index in [9.17, 15) is 14.0 Å². The van der Waals surface area contributed by atoms with Crippen molar-refractivity contribution in [2.75, 3.05) is 6.61 Å². The molecule has 0 aliphatic heterocycles. The largest absolute Gasteiger partial charge is 0.480 e. The predicted octanol–water partition coefficient (Wildman–Crippen LogP) is 1.44. The highest BCUT2D eigenvalue weighted by molar-refractivity contribution is 6.32. The molecule has 20 heavy (non-hydrogen) atoms. The summed E-state index contributed by atoms with van der Waals surface area (Å²) in [5, 5.41) is 19.8. The molecule has 7 heteroatoms. The van der Waals surface area contributed by atoms with Crippen molar-refractivity contribution in [2.45, 2.75) is 12.5 Å². The molecular formula is C13H13ClFNO4. The zero-order chi connectivity index (χ0) is 15.1. The summed E-state index contributed by atoms with van der Waals surface area (Å²) in [6, 6.07) is 2.88. The van der Waals surface area contributed by atoms with Crippen molar-refractivity contribution < 1.29 is 24.2 Å². The van der Waals surface area contributed by atoms with E-state index in [-0.39, 0.29) is 23.6 Å². The molecule has 5 nitrogen and oxygen atoms in total. The summed E-state index contributed by atoms with van der Waals surface area (Å²) >= 11 is 5.77. The van der Waals surface area contributed by atoms with E-state index in [1.54, 1.807) is 0 Å². The molecular weight excluding hydrogens is 289 g/mol. The topological polar surface area (TPSA) is 86.6 Å². The Labute approximate surface area is 119 Å². The van der Waals surface area contributed by atoms with E-state index in [2.05, 4.69) is 5.32 Å². The highest BCUT2D eigenvalue weighted by atomic mass is 35.5. The third-order valence-corrected chi connectivity index (χ3v) is 2.76. The average molecular weight is 302 g/mol. The smallest absolute Gasteiger partial charge is 0.326 e. The second-order valence-corrected chi connectivity index (χ2v) is 4.29. The number of carbonyl (C=O) groups excluding carboxylic acids is 1. The van der Waals surface area contributed by atoms with Crippen LogP contribution >= 0.6 is 11.6 Å². The number of aliphatic carboxylic acids is 1. The molecule has 0 radical (unpaired) electrons. The fourth-order valence-corrected chi connectivity index (χ4v) is 1.66. The Balaban J connectivity index is 2.75. The van der Waals surface area contributed by atoms with Crippen LogP contribution in [0.5, 0.6) is 0 Å². The lowest BCUT2D eigenvalue weighted by atomic mass is 10.2. The van der Waals surface area contributed by atoms with E-state index in [0.29, 0.717) is 0 Å². The van der Waals surface area contributed by atoms with Gasteiger partial charge in [-0.25, -0.2) is 9.18 Å². The van der Waals surface area contributed by atoms with Gasteiger partial charge in [-0.2, -0.15) is 0 Å². The summed E-state index contributed by atoms with van der Waals surface area (Å²) in [6.07, 6.45) is 2.03. The van der Waals surface area contributed by atoms with Gasteiger partial charge in [-0.1, -0.05) is 17.7 Å². The summed E-state index contributed by atoms with van der Waals surface area (Å²) in [5.41, 5.74) is 0.0401. The van der Waals surface area contributed by atoms with Crippen LogP contribution in [-0.4, -0.2) is 34.7 Å². The van der Waals surface area contributed by atoms with Gasteiger partial charge >= 0.3 is 5.97 Å². The lowest BCUT2D eigenvalue weighted by Gasteiger charge is -2.11. The van der Waals surface area contributed by atoms with Gasteiger partial charge in [-0.05, 0) is 18.2 Å². The zero-order valence-corrected chi connectivity index (χ0v) is 11.1. The molecule has 1 rings (SSSR count). The number of carbonyl (C=O) groups is 2. The molecule has 0 fully saturated rings. The van der Waals surface area contributed by atoms with E-state index in [1.165, 1.54) is 18.2 Å². The van der Waals surface area contributed by atoms with Crippen LogP contribution in [0.15, 0.2) is 24.3 Å². The lowest BCUT2D eigenvalue weighted by Crippen LogP contribution is -2.40. The Hall–Kier alpha value is -1.92. The molecule has 3 N–H and O–H groups in total. The summed E-state index contributed by atoms with van der Waals surface area (Å²) in [4.78, 5) is 22.3. The highest BCUT2D eigenvalue weighted by Crippen LogP contribution is 2.20. The van der Waals surface area contributed by atoms with Gasteiger partial charge in [0, 0.05) is 24.7 Å². The summed E-state index contributed by atoms with van der Waals surface area (Å²) < 4.78 is 13.4. The average Bonchev–Trinajstić information content (AvgIpc) is 2.37. The number of aliphatic hydroxyl groups excluding tert-OH is 1. The number of halogens is 2. The van der Waals surface area contributed by atoms with E-state index in [1.807, 2.05) is 0 Å². The number of rotatable bonds is 6. The zero-order valence-electron chi connectivity index (χ0n) is 10.3. The molecule has 0 aliphatic rings. The Morgan fingerprint density at radius 1 is 1.45 bits per heavy atom. The van der Waals surface area contributed by atoms with E-state index >= 15 is 0 Å². The van der Waals surface area contributed by atoms with Gasteiger partial charge < -0.3 is 15.5 Å². The molecule has 108 valence electrons. The Bertz CT molecular complexity index is 513. The number of carboxylic acids is 1. The number of aliphatic hydroxyl groups is 1. The van der Waals surface area contributed by atoms with Crippen LogP contribution in [0.3, 0.4) is 0 Å². The molecule has 0 saturated carbocycles. The molecule has 0 spiro atoms. The maximum Gasteiger partial charge on any atom is 0.326 e. The number of carboxylic acid groups (broad SMARTS) is 1. The minimum Gasteiger partial charge on any atom is -0.480 e. The molecule has 0 bridgehead atoms. The fraction of sp³-hybridized carbons (Fsp3) is 0.231. The van der Waals surface area contributed by atoms with Crippen LogP contribution in [0.1, 0.15) is 12.0 Å². The summed E-state index contributed by atoms with van der Waals surface area (Å²) in [7, 11) is 0. The molecule has 0 aliphatic carbocycles. The van der Waals surface area contributed by atoms with Crippen molar-refractivity contribution in [1.82, 2.24) is 5.32 Å². The SMILES string of the molecule is O=C(C=Cc1c(F)cccc1Cl)NC(CCO)C(=O)O. The van der Waals surface area contributed by atoms with Crippen LogP contribution in [0.25, 0.3) is 6.08 Å². The van der Waals surface area contributed by atoms with Crippen molar-refractivity contribution in [3.05, 3.63) is 40.7 Å². The predicted molar refractivity (Wildman–Crippen MR) is 71.7 cm³/mol. The first-order chi connectivity index (χ1) is 9.45. The van der Waals surface area contributed by atoms with Gasteiger partial charge in [0.25, 0.3) is 0 Å². The van der Waals surface area contributed by atoms with E-state index in [0.717, 1.165) is 12.2 Å². The first-order valence-corrected chi connectivity index (χ1v) is 6.09. The summed E-state index contributed by atoms with van der Waals surface area (Å²) in [6.45, 7) is -0.375. The van der Waals surface area contributed by atoms with Crippen molar-refractivity contribution in [3.8, 4) is 0 Å². The van der Waals surface area contributed by atoms with E-state index in [4.69, 9.17) is 21.8 Å². The minimum atomic E-state index is -1.26. The van der Waals surface area contributed by atoms with Crippen molar-refractivity contribution in [1.29, 1.82) is 0 Å². The van der Waals surface area contributed by atoms with Gasteiger partial charge in [-0.15, -0.1) is 0 Å². The minimum absolute atomic E-state index is 0.0401. The van der Waals surface area contributed by atoms with Gasteiger partial charge in [-0.3, -0.25) is 4.79 Å². The van der Waals surface area contributed by atoms with Crippen LogP contribution in [0.2, 0.25) is 5.02 Å². The van der Waals surface area contributed by atoms with Crippen LogP contribution < -0.4 is 5.32 Å². The Morgan fingerprint density at radius 3 is 2.70 bits per heavy atom. The second-order valence-electron chi connectivity index (χ2n) is 3.88. The fourth-order valence-electron chi connectivity index (χ4n) is 1.44. The van der Waals surface area contributed by atoms with Crippen LogP contribution in [-0.2, 0) is 9.59 Å². The van der Waals surface area contributed by atoms with Gasteiger partial charge in [0.05, 0.1) is 5.02 Å². The quantitative estimate of drug-likeness (QED) is 0.694. The van der Waals surface area contributed by atoms with Crippen molar-refractivity contribution in [3.63, 3.8) is 0 Å². The van der Waals surface area contributed by atoms with E-state index < -0.39 is 23.7 Å². The van der Waals surface area contributed by atoms with Gasteiger partial charge in [0.15, 0.2) is 0 Å². The molecule has 1 atom stereocenters. The van der Waals surface area contributed by atoms with Gasteiger partial charge in [0.2, 0.25) is 5.91 Å².